The van der Waals surface area contributed by atoms with E-state index in [1.807, 2.05) is 0 Å². The van der Waals surface area contributed by atoms with E-state index in [1.165, 1.54) is 109 Å². The Balaban J connectivity index is 1.02. The van der Waals surface area contributed by atoms with E-state index in [4.69, 9.17) is 4.42 Å². The zero-order chi connectivity index (χ0) is 32.8. The van der Waals surface area contributed by atoms with Gasteiger partial charge < -0.3 is 8.98 Å². The third-order valence-electron chi connectivity index (χ3n) is 11.8. The van der Waals surface area contributed by atoms with Crippen molar-refractivity contribution in [2.75, 3.05) is 0 Å². The summed E-state index contributed by atoms with van der Waals surface area (Å²) in [7, 11) is 0. The highest BCUT2D eigenvalue weighted by Crippen LogP contribution is 2.57. The van der Waals surface area contributed by atoms with Crippen LogP contribution in [0.15, 0.2) is 156 Å². The lowest BCUT2D eigenvalue weighted by Gasteiger charge is -2.35. The van der Waals surface area contributed by atoms with Crippen LogP contribution in [0.3, 0.4) is 0 Å². The second-order valence-electron chi connectivity index (χ2n) is 14.4. The number of nitrogens with zero attached hydrogens (tertiary/aromatic N) is 1. The van der Waals surface area contributed by atoms with Gasteiger partial charge in [0.05, 0.1) is 11.0 Å². The number of rotatable bonds is 3. The van der Waals surface area contributed by atoms with Gasteiger partial charge in [-0.1, -0.05) is 116 Å². The lowest BCUT2D eigenvalue weighted by Crippen LogP contribution is -2.27. The third kappa shape index (κ3) is 3.96. The number of fused-ring (bicyclic) bond motifs is 11. The first-order valence-electron chi connectivity index (χ1n) is 18.1. The van der Waals surface area contributed by atoms with Crippen LogP contribution in [0.25, 0.3) is 82.8 Å². The first kappa shape index (κ1) is 28.0. The van der Waals surface area contributed by atoms with Crippen LogP contribution < -0.4 is 0 Å². The summed E-state index contributed by atoms with van der Waals surface area (Å²) in [5, 5.41) is 4.94. The first-order valence-corrected chi connectivity index (χ1v) is 18.1. The van der Waals surface area contributed by atoms with Gasteiger partial charge in [0.1, 0.15) is 11.2 Å². The smallest absolute Gasteiger partial charge is 0.136 e. The predicted octanol–water partition coefficient (Wildman–Crippen LogP) is 13.2. The van der Waals surface area contributed by atoms with Crippen LogP contribution >= 0.6 is 0 Å². The standard InChI is InChI=1S/C48H35NO/c1-3-11-31(12-4-1)32-17-21-35(22-18-32)49-44-16-8-6-14-37(44)40-27-33(20-24-45(40)49)34-19-23-38-41-29-43-39(30-47(41)50-46(38)28-34)36-13-5-7-15-42(36)48(43)25-9-2-10-26-48/h1,3-8,11-24,27-30H,2,9-10,25-26H2. The maximum Gasteiger partial charge on any atom is 0.136 e. The van der Waals surface area contributed by atoms with Crippen LogP contribution in [0.1, 0.15) is 43.2 Å². The number of furan rings is 1. The van der Waals surface area contributed by atoms with Crippen molar-refractivity contribution in [1.82, 2.24) is 4.57 Å². The van der Waals surface area contributed by atoms with E-state index < -0.39 is 0 Å². The lowest BCUT2D eigenvalue weighted by atomic mass is 9.68. The molecule has 9 aromatic rings. The molecule has 0 unspecified atom stereocenters. The predicted molar refractivity (Wildman–Crippen MR) is 208 cm³/mol. The average molecular weight is 642 g/mol. The molecule has 2 heteroatoms. The Morgan fingerprint density at radius 1 is 0.420 bits per heavy atom. The molecule has 0 radical (unpaired) electrons. The minimum absolute atomic E-state index is 0.139. The molecular weight excluding hydrogens is 607 g/mol. The largest absolute Gasteiger partial charge is 0.456 e. The van der Waals surface area contributed by atoms with E-state index in [-0.39, 0.29) is 5.41 Å². The normalized spacial score (nSPS) is 15.0. The van der Waals surface area contributed by atoms with E-state index in [0.29, 0.717) is 0 Å². The minimum atomic E-state index is 0.139. The van der Waals surface area contributed by atoms with Crippen LogP contribution in [-0.2, 0) is 5.41 Å². The number of hydrogen-bond donors (Lipinski definition) is 0. The van der Waals surface area contributed by atoms with E-state index in [0.717, 1.165) is 16.9 Å². The Morgan fingerprint density at radius 2 is 1.10 bits per heavy atom. The highest BCUT2D eigenvalue weighted by atomic mass is 16.3. The van der Waals surface area contributed by atoms with Gasteiger partial charge in [0, 0.05) is 32.6 Å². The van der Waals surface area contributed by atoms with Crippen LogP contribution in [0.5, 0.6) is 0 Å². The maximum atomic E-state index is 6.69. The van der Waals surface area contributed by atoms with Crippen LogP contribution in [0.2, 0.25) is 0 Å². The number of para-hydroxylation sites is 1. The molecule has 238 valence electrons. The van der Waals surface area contributed by atoms with Crippen molar-refractivity contribution in [2.45, 2.75) is 37.5 Å². The fourth-order valence-corrected chi connectivity index (χ4v) is 9.46. The molecule has 0 amide bonds. The van der Waals surface area contributed by atoms with Gasteiger partial charge in [-0.15, -0.1) is 0 Å². The lowest BCUT2D eigenvalue weighted by molar-refractivity contribution is 0.353. The van der Waals surface area contributed by atoms with E-state index in [1.54, 1.807) is 0 Å². The van der Waals surface area contributed by atoms with Crippen LogP contribution in [-0.4, -0.2) is 4.57 Å². The average Bonchev–Trinajstić information content (AvgIpc) is 3.80. The molecular formula is C48H35NO. The molecule has 1 fully saturated rings. The van der Waals surface area contributed by atoms with Crippen molar-refractivity contribution < 1.29 is 4.42 Å². The zero-order valence-corrected chi connectivity index (χ0v) is 27.8. The van der Waals surface area contributed by atoms with E-state index in [2.05, 4.69) is 156 Å². The molecule has 1 spiro atoms. The SMILES string of the molecule is c1ccc(-c2ccc(-n3c4ccccc4c4cc(-c5ccc6c(c5)oc5cc7c(cc56)C5(CCCCC5)c5ccccc5-7)ccc43)cc2)cc1. The Bertz CT molecular complexity index is 2770. The summed E-state index contributed by atoms with van der Waals surface area (Å²) in [6, 6.07) is 55.9. The first-order chi connectivity index (χ1) is 24.7. The molecule has 50 heavy (non-hydrogen) atoms. The third-order valence-corrected chi connectivity index (χ3v) is 11.8. The highest BCUT2D eigenvalue weighted by molar-refractivity contribution is 6.11. The van der Waals surface area contributed by atoms with Gasteiger partial charge in [-0.2, -0.15) is 0 Å². The maximum absolute atomic E-state index is 6.69. The number of aromatic nitrogens is 1. The zero-order valence-electron chi connectivity index (χ0n) is 27.8. The summed E-state index contributed by atoms with van der Waals surface area (Å²) in [5.74, 6) is 0. The molecule has 0 saturated heterocycles. The summed E-state index contributed by atoms with van der Waals surface area (Å²) < 4.78 is 9.08. The summed E-state index contributed by atoms with van der Waals surface area (Å²) in [5.41, 5.74) is 16.3. The van der Waals surface area contributed by atoms with E-state index >= 15 is 0 Å². The molecule has 2 aliphatic rings. The monoisotopic (exact) mass is 641 g/mol. The number of benzene rings is 7. The van der Waals surface area contributed by atoms with Crippen molar-refractivity contribution in [3.63, 3.8) is 0 Å². The summed E-state index contributed by atoms with van der Waals surface area (Å²) in [6.45, 7) is 0. The molecule has 2 aliphatic carbocycles. The molecule has 11 rings (SSSR count). The fourth-order valence-electron chi connectivity index (χ4n) is 9.46. The molecule has 2 nitrogen and oxygen atoms in total. The second kappa shape index (κ2) is 10.6. The van der Waals surface area contributed by atoms with Gasteiger partial charge in [-0.05, 0) is 112 Å². The molecule has 2 aromatic heterocycles. The van der Waals surface area contributed by atoms with Gasteiger partial charge in [-0.25, -0.2) is 0 Å². The van der Waals surface area contributed by atoms with Gasteiger partial charge in [0.25, 0.3) is 0 Å². The van der Waals surface area contributed by atoms with Gasteiger partial charge in [-0.3, -0.25) is 0 Å². The van der Waals surface area contributed by atoms with Gasteiger partial charge >= 0.3 is 0 Å². The Labute approximate surface area is 291 Å². The number of hydrogen-bond acceptors (Lipinski definition) is 1. The molecule has 0 aliphatic heterocycles. The summed E-state index contributed by atoms with van der Waals surface area (Å²) in [6.07, 6.45) is 6.41. The molecule has 0 atom stereocenters. The summed E-state index contributed by atoms with van der Waals surface area (Å²) in [4.78, 5) is 0. The molecule has 0 bridgehead atoms. The van der Waals surface area contributed by atoms with Gasteiger partial charge in [0.2, 0.25) is 0 Å². The fraction of sp³-hybridized carbons (Fsp3) is 0.125. The van der Waals surface area contributed by atoms with Crippen molar-refractivity contribution in [3.05, 3.63) is 163 Å². The van der Waals surface area contributed by atoms with Crippen molar-refractivity contribution in [2.24, 2.45) is 0 Å². The highest BCUT2D eigenvalue weighted by Gasteiger charge is 2.44. The molecule has 1 saturated carbocycles. The van der Waals surface area contributed by atoms with Crippen LogP contribution in [0.4, 0.5) is 0 Å². The van der Waals surface area contributed by atoms with E-state index in [9.17, 15) is 0 Å². The van der Waals surface area contributed by atoms with Crippen molar-refractivity contribution >= 4 is 43.7 Å². The summed E-state index contributed by atoms with van der Waals surface area (Å²) >= 11 is 0. The Morgan fingerprint density at radius 3 is 1.98 bits per heavy atom. The van der Waals surface area contributed by atoms with Gasteiger partial charge in [0.15, 0.2) is 0 Å². The molecule has 2 heterocycles. The Kier molecular flexibility index (Phi) is 5.92. The minimum Gasteiger partial charge on any atom is -0.456 e. The quantitative estimate of drug-likeness (QED) is 0.188. The Hall–Kier alpha value is -5.86. The topological polar surface area (TPSA) is 18.1 Å². The second-order valence-corrected chi connectivity index (χ2v) is 14.4. The van der Waals surface area contributed by atoms with Crippen molar-refractivity contribution in [3.8, 4) is 39.1 Å². The van der Waals surface area contributed by atoms with Crippen LogP contribution in [0, 0.1) is 0 Å². The molecule has 7 aromatic carbocycles. The molecule has 0 N–H and O–H groups in total. The van der Waals surface area contributed by atoms with Crippen molar-refractivity contribution in [1.29, 1.82) is 0 Å².